The molecule has 0 radical (unpaired) electrons. The summed E-state index contributed by atoms with van der Waals surface area (Å²) in [4.78, 5) is 52.4. The Morgan fingerprint density at radius 1 is 1.20 bits per heavy atom. The van der Waals surface area contributed by atoms with Crippen LogP contribution in [0.3, 0.4) is 0 Å². The van der Waals surface area contributed by atoms with E-state index in [0.29, 0.717) is 19.8 Å². The summed E-state index contributed by atoms with van der Waals surface area (Å²) in [6, 6.07) is -0.964. The first-order valence-corrected chi connectivity index (χ1v) is 12.2. The van der Waals surface area contributed by atoms with E-state index in [9.17, 15) is 33.2 Å². The molecule has 8 nitrogen and oxygen atoms in total. The summed E-state index contributed by atoms with van der Waals surface area (Å²) in [5.41, 5.74) is -1.08. The van der Waals surface area contributed by atoms with Crippen LogP contribution < -0.4 is 10.6 Å². The van der Waals surface area contributed by atoms with Gasteiger partial charge in [0, 0.05) is 25.8 Å². The van der Waals surface area contributed by atoms with Crippen LogP contribution in [0, 0.1) is 39.9 Å². The maximum absolute atomic E-state index is 13.6. The van der Waals surface area contributed by atoms with Crippen molar-refractivity contribution in [3.8, 4) is 6.07 Å². The third-order valence-corrected chi connectivity index (χ3v) is 7.97. The lowest BCUT2D eigenvalue weighted by atomic mass is 9.85. The van der Waals surface area contributed by atoms with Crippen molar-refractivity contribution < 1.29 is 28.0 Å². The molecule has 1 aliphatic heterocycles. The number of carbonyl (C=O) groups is 4. The molecule has 0 bridgehead atoms. The van der Waals surface area contributed by atoms with E-state index >= 15 is 0 Å². The molecule has 194 valence electrons. The SMILES string of the molecule is CC(F)(F)C(=O)N[C@H](C(=O)N1C[C@H]2[C@@H]([C@H]1C(=O)N[C@H](C#N)C[C@@H]1CCCC1=O)C2(C)C)C(C)(C)C. The molecule has 0 spiro atoms. The van der Waals surface area contributed by atoms with E-state index in [1.54, 1.807) is 20.8 Å². The number of Topliss-reactive ketones (excluding diaryl/α,β-unsaturated/α-hetero) is 1. The van der Waals surface area contributed by atoms with Gasteiger partial charge in [-0.15, -0.1) is 0 Å². The smallest absolute Gasteiger partial charge is 0.321 e. The van der Waals surface area contributed by atoms with Gasteiger partial charge in [0.15, 0.2) is 0 Å². The number of fused-ring (bicyclic) bond motifs is 1. The van der Waals surface area contributed by atoms with Crippen molar-refractivity contribution >= 4 is 23.5 Å². The Kier molecular flexibility index (Phi) is 7.06. The van der Waals surface area contributed by atoms with Gasteiger partial charge in [0.2, 0.25) is 11.8 Å². The Labute approximate surface area is 205 Å². The number of amides is 3. The molecule has 3 fully saturated rings. The molecule has 35 heavy (non-hydrogen) atoms. The molecule has 2 aliphatic carbocycles. The van der Waals surface area contributed by atoms with Gasteiger partial charge >= 0.3 is 5.92 Å². The highest BCUT2D eigenvalue weighted by atomic mass is 19.3. The van der Waals surface area contributed by atoms with E-state index < -0.39 is 47.2 Å². The standard InChI is InChI=1S/C25H36F2N4O4/c1-23(2,3)19(30-22(35)25(6,26)27)21(34)31-12-15-17(24(15,4)5)18(31)20(33)29-14(11-28)10-13-8-7-9-16(13)32/h13-15,17-19H,7-10,12H2,1-6H3,(H,29,33)(H,30,35)/t13-,14-,15-,17-,18-,19+/m0/s1. The highest BCUT2D eigenvalue weighted by Crippen LogP contribution is 2.65. The van der Waals surface area contributed by atoms with Crippen molar-refractivity contribution in [1.82, 2.24) is 15.5 Å². The van der Waals surface area contributed by atoms with Crippen LogP contribution in [-0.2, 0) is 19.2 Å². The minimum atomic E-state index is -3.66. The number of nitrogens with one attached hydrogen (secondary N) is 2. The van der Waals surface area contributed by atoms with Crippen LogP contribution in [0.4, 0.5) is 8.78 Å². The number of hydrogen-bond acceptors (Lipinski definition) is 5. The molecule has 2 saturated carbocycles. The fraction of sp³-hybridized carbons (Fsp3) is 0.800. The van der Waals surface area contributed by atoms with E-state index in [2.05, 4.69) is 16.7 Å². The maximum Gasteiger partial charge on any atom is 0.321 e. The first-order valence-electron chi connectivity index (χ1n) is 12.2. The second kappa shape index (κ2) is 9.14. The largest absolute Gasteiger partial charge is 0.339 e. The fourth-order valence-electron chi connectivity index (χ4n) is 5.71. The van der Waals surface area contributed by atoms with Crippen molar-refractivity contribution in [2.24, 2.45) is 28.6 Å². The Morgan fingerprint density at radius 2 is 1.83 bits per heavy atom. The lowest BCUT2D eigenvalue weighted by Gasteiger charge is -2.38. The summed E-state index contributed by atoms with van der Waals surface area (Å²) in [5.74, 6) is -6.58. The zero-order valence-corrected chi connectivity index (χ0v) is 21.3. The summed E-state index contributed by atoms with van der Waals surface area (Å²) in [5, 5.41) is 14.5. The van der Waals surface area contributed by atoms with Gasteiger partial charge < -0.3 is 15.5 Å². The van der Waals surface area contributed by atoms with Crippen molar-refractivity contribution in [3.05, 3.63) is 0 Å². The molecule has 3 amide bonds. The minimum absolute atomic E-state index is 0.0445. The molecule has 10 heteroatoms. The molecule has 0 aromatic carbocycles. The number of halogens is 2. The van der Waals surface area contributed by atoms with Crippen molar-refractivity contribution in [1.29, 1.82) is 5.26 Å². The first kappa shape index (κ1) is 27.0. The number of hydrogen-bond donors (Lipinski definition) is 2. The summed E-state index contributed by atoms with van der Waals surface area (Å²) < 4.78 is 27.2. The van der Waals surface area contributed by atoms with Crippen LogP contribution in [0.2, 0.25) is 0 Å². The van der Waals surface area contributed by atoms with E-state index in [-0.39, 0.29) is 41.9 Å². The number of piperidine rings is 1. The van der Waals surface area contributed by atoms with Gasteiger partial charge in [0.25, 0.3) is 5.91 Å². The lowest BCUT2D eigenvalue weighted by molar-refractivity contribution is -0.151. The maximum atomic E-state index is 13.6. The van der Waals surface area contributed by atoms with Gasteiger partial charge in [-0.05, 0) is 41.9 Å². The molecule has 3 aliphatic rings. The normalized spacial score (nSPS) is 29.1. The average Bonchev–Trinajstić information content (AvgIpc) is 3.10. The summed E-state index contributed by atoms with van der Waals surface area (Å²) >= 11 is 0. The molecule has 1 saturated heterocycles. The molecule has 0 aromatic heterocycles. The van der Waals surface area contributed by atoms with Crippen LogP contribution in [0.5, 0.6) is 0 Å². The van der Waals surface area contributed by atoms with Crippen molar-refractivity contribution in [2.45, 2.75) is 91.3 Å². The third-order valence-electron chi connectivity index (χ3n) is 7.97. The zero-order chi connectivity index (χ0) is 26.5. The molecule has 0 unspecified atom stereocenters. The van der Waals surface area contributed by atoms with Crippen LogP contribution in [0.15, 0.2) is 0 Å². The Morgan fingerprint density at radius 3 is 2.31 bits per heavy atom. The van der Waals surface area contributed by atoms with Gasteiger partial charge in [-0.3, -0.25) is 19.2 Å². The summed E-state index contributed by atoms with van der Waals surface area (Å²) in [7, 11) is 0. The van der Waals surface area contributed by atoms with E-state index in [1.165, 1.54) is 4.90 Å². The van der Waals surface area contributed by atoms with Crippen LogP contribution in [0.25, 0.3) is 0 Å². The summed E-state index contributed by atoms with van der Waals surface area (Å²) in [6.45, 7) is 9.71. The van der Waals surface area contributed by atoms with Gasteiger partial charge in [-0.25, -0.2) is 0 Å². The second-order valence-electron chi connectivity index (χ2n) is 12.0. The van der Waals surface area contributed by atoms with Crippen molar-refractivity contribution in [2.75, 3.05) is 6.54 Å². The predicted molar refractivity (Wildman–Crippen MR) is 123 cm³/mol. The Balaban J connectivity index is 1.81. The lowest BCUT2D eigenvalue weighted by Crippen LogP contribution is -2.61. The van der Waals surface area contributed by atoms with Crippen LogP contribution in [0.1, 0.15) is 67.2 Å². The van der Waals surface area contributed by atoms with E-state index in [0.717, 1.165) is 6.42 Å². The summed E-state index contributed by atoms with van der Waals surface area (Å²) in [6.07, 6.45) is 2.17. The number of alkyl halides is 2. The molecular weight excluding hydrogens is 458 g/mol. The first-order chi connectivity index (χ1) is 16.0. The van der Waals surface area contributed by atoms with Gasteiger partial charge in [0.1, 0.15) is 23.9 Å². The van der Waals surface area contributed by atoms with Crippen LogP contribution >= 0.6 is 0 Å². The fourth-order valence-corrected chi connectivity index (χ4v) is 5.71. The monoisotopic (exact) mass is 494 g/mol. The number of rotatable bonds is 7. The average molecular weight is 495 g/mol. The quantitative estimate of drug-likeness (QED) is 0.563. The number of ketones is 1. The second-order valence-corrected chi connectivity index (χ2v) is 12.0. The highest BCUT2D eigenvalue weighted by molar-refractivity contribution is 5.95. The molecule has 6 atom stereocenters. The minimum Gasteiger partial charge on any atom is -0.339 e. The molecule has 0 aromatic rings. The third kappa shape index (κ3) is 5.34. The predicted octanol–water partition coefficient (Wildman–Crippen LogP) is 2.42. The molecule has 1 heterocycles. The van der Waals surface area contributed by atoms with Gasteiger partial charge in [0.05, 0.1) is 6.07 Å². The number of carbonyl (C=O) groups excluding carboxylic acids is 4. The van der Waals surface area contributed by atoms with Crippen molar-refractivity contribution in [3.63, 3.8) is 0 Å². The molecule has 2 N–H and O–H groups in total. The van der Waals surface area contributed by atoms with E-state index in [1.807, 2.05) is 13.8 Å². The van der Waals surface area contributed by atoms with Gasteiger partial charge in [-0.1, -0.05) is 34.6 Å². The molecule has 3 rings (SSSR count). The topological polar surface area (TPSA) is 119 Å². The Bertz CT molecular complexity index is 947. The number of nitriles is 1. The number of likely N-dealkylation sites (tertiary alicyclic amines) is 1. The van der Waals surface area contributed by atoms with E-state index in [4.69, 9.17) is 0 Å². The zero-order valence-electron chi connectivity index (χ0n) is 21.3. The Hall–Kier alpha value is -2.57. The number of nitrogens with zero attached hydrogens (tertiary/aromatic N) is 2. The highest BCUT2D eigenvalue weighted by Gasteiger charge is 2.69. The van der Waals surface area contributed by atoms with Gasteiger partial charge in [-0.2, -0.15) is 14.0 Å². The van der Waals surface area contributed by atoms with Crippen LogP contribution in [-0.4, -0.2) is 59.0 Å². The molecular formula is C25H36F2N4O4.